The van der Waals surface area contributed by atoms with Gasteiger partial charge >= 0.3 is 71.3 Å². The van der Waals surface area contributed by atoms with Crippen LogP contribution in [0.4, 0.5) is 110 Å². The molecule has 0 unspecified atom stereocenters. The molecule has 0 N–H and O–H groups in total. The van der Waals surface area contributed by atoms with Crippen molar-refractivity contribution in [3.05, 3.63) is 0 Å². The molecule has 0 aromatic heterocycles. The van der Waals surface area contributed by atoms with Crippen molar-refractivity contribution >= 4 is 0 Å². The molecule has 0 atom stereocenters. The second-order valence-corrected chi connectivity index (χ2v) is 8.05. The Kier molecular flexibility index (Phi) is 9.47. The maximum atomic E-state index is 13.6. The average Bonchev–Trinajstić information content (AvgIpc) is 2.75. The van der Waals surface area contributed by atoms with Gasteiger partial charge in [0.05, 0.1) is 0 Å². The SMILES string of the molecule is CCCCC(F)(F)C(F)(F)C(F)(F)C(F)(F)C(F)(F)C(F)(F)C(F)(F)C(F)(F)C(F)(F)C(F)(F)C(F)(F)C(F)(F)F. The number of hydrogen-bond acceptors (Lipinski definition) is 0. The molecule has 0 aromatic rings. The maximum absolute atomic E-state index is 13.6. The van der Waals surface area contributed by atoms with Gasteiger partial charge in [-0.15, -0.1) is 0 Å². The molecule has 0 aliphatic heterocycles. The van der Waals surface area contributed by atoms with E-state index in [0.717, 1.165) is 6.92 Å². The Morgan fingerprint density at radius 3 is 0.683 bits per heavy atom. The second kappa shape index (κ2) is 9.89. The van der Waals surface area contributed by atoms with E-state index in [9.17, 15) is 110 Å². The summed E-state index contributed by atoms with van der Waals surface area (Å²) >= 11 is 0. The number of alkyl halides is 25. The minimum absolute atomic E-state index is 0.685. The summed E-state index contributed by atoms with van der Waals surface area (Å²) < 4.78 is 331. The second-order valence-electron chi connectivity index (χ2n) is 8.05. The van der Waals surface area contributed by atoms with E-state index in [1.807, 2.05) is 0 Å². The van der Waals surface area contributed by atoms with E-state index in [4.69, 9.17) is 0 Å². The van der Waals surface area contributed by atoms with Gasteiger partial charge in [0, 0.05) is 6.42 Å². The third-order valence-electron chi connectivity index (χ3n) is 5.21. The Bertz CT molecular complexity index is 920. The van der Waals surface area contributed by atoms with Gasteiger partial charge in [-0.2, -0.15) is 110 Å². The third-order valence-corrected chi connectivity index (χ3v) is 5.21. The van der Waals surface area contributed by atoms with Crippen molar-refractivity contribution in [2.75, 3.05) is 0 Å². The normalized spacial score (nSPS) is 16.8. The molecule has 0 saturated carbocycles. The number of halogens is 25. The zero-order chi connectivity index (χ0) is 34.1. The van der Waals surface area contributed by atoms with Gasteiger partial charge in [-0.25, -0.2) is 0 Å². The fourth-order valence-electron chi connectivity index (χ4n) is 2.54. The summed E-state index contributed by atoms with van der Waals surface area (Å²) in [6.45, 7) is 0.821. The first-order valence-electron chi connectivity index (χ1n) is 9.54. The predicted molar refractivity (Wildman–Crippen MR) is 80.0 cm³/mol. The van der Waals surface area contributed by atoms with Crippen molar-refractivity contribution in [1.29, 1.82) is 0 Å². The molecule has 0 spiro atoms. The van der Waals surface area contributed by atoms with Crippen molar-refractivity contribution in [2.45, 2.75) is 97.5 Å². The van der Waals surface area contributed by atoms with Crippen LogP contribution in [-0.4, -0.2) is 71.3 Å². The Hall–Kier alpha value is -1.75. The molecule has 0 saturated heterocycles. The van der Waals surface area contributed by atoms with E-state index in [0.29, 0.717) is 0 Å². The number of rotatable bonds is 13. The minimum atomic E-state index is -9.56. The molecule has 0 nitrogen and oxygen atoms in total. The van der Waals surface area contributed by atoms with E-state index in [-0.39, 0.29) is 0 Å². The van der Waals surface area contributed by atoms with Gasteiger partial charge in [0.1, 0.15) is 0 Å². The minimum Gasteiger partial charge on any atom is -0.200 e. The van der Waals surface area contributed by atoms with E-state index in [2.05, 4.69) is 0 Å². The third kappa shape index (κ3) is 4.81. The van der Waals surface area contributed by atoms with Gasteiger partial charge in [0.2, 0.25) is 0 Å². The van der Waals surface area contributed by atoms with Gasteiger partial charge < -0.3 is 0 Å². The molecular formula is C16H9F25. The van der Waals surface area contributed by atoms with E-state index >= 15 is 0 Å². The van der Waals surface area contributed by atoms with Crippen LogP contribution in [0, 0.1) is 0 Å². The fourth-order valence-corrected chi connectivity index (χ4v) is 2.54. The van der Waals surface area contributed by atoms with Gasteiger partial charge in [-0.1, -0.05) is 13.3 Å². The molecule has 0 fully saturated rings. The summed E-state index contributed by atoms with van der Waals surface area (Å²) in [6, 6.07) is 0. The molecule has 248 valence electrons. The van der Waals surface area contributed by atoms with Crippen LogP contribution in [0.5, 0.6) is 0 Å². The first-order valence-corrected chi connectivity index (χ1v) is 9.54. The number of hydrogen-bond donors (Lipinski definition) is 0. The lowest BCUT2D eigenvalue weighted by Gasteiger charge is -2.45. The molecule has 0 amide bonds. The smallest absolute Gasteiger partial charge is 0.200 e. The lowest BCUT2D eigenvalue weighted by Crippen LogP contribution is -2.78. The Morgan fingerprint density at radius 2 is 0.488 bits per heavy atom. The van der Waals surface area contributed by atoms with Crippen LogP contribution >= 0.6 is 0 Å². The maximum Gasteiger partial charge on any atom is 0.460 e. The molecule has 0 bridgehead atoms. The molecule has 0 rings (SSSR count). The average molecular weight is 676 g/mol. The van der Waals surface area contributed by atoms with Gasteiger partial charge in [0.25, 0.3) is 0 Å². The topological polar surface area (TPSA) is 0 Å². The molecule has 0 aliphatic carbocycles. The van der Waals surface area contributed by atoms with Crippen LogP contribution in [0.1, 0.15) is 26.2 Å². The fraction of sp³-hybridized carbons (Fsp3) is 1.00. The monoisotopic (exact) mass is 676 g/mol. The molecule has 41 heavy (non-hydrogen) atoms. The Labute approximate surface area is 208 Å². The van der Waals surface area contributed by atoms with Crippen LogP contribution < -0.4 is 0 Å². The molecule has 0 aromatic carbocycles. The highest BCUT2D eigenvalue weighted by Gasteiger charge is 2.99. The molecular weight excluding hydrogens is 667 g/mol. The first kappa shape index (κ1) is 39.2. The van der Waals surface area contributed by atoms with Crippen molar-refractivity contribution in [2.24, 2.45) is 0 Å². The van der Waals surface area contributed by atoms with E-state index in [1.54, 1.807) is 0 Å². The van der Waals surface area contributed by atoms with Crippen molar-refractivity contribution in [1.82, 2.24) is 0 Å². The summed E-state index contributed by atoms with van der Waals surface area (Å²) in [4.78, 5) is 0. The highest BCUT2D eigenvalue weighted by molar-refractivity contribution is 5.19. The Morgan fingerprint density at radius 1 is 0.293 bits per heavy atom. The summed E-state index contributed by atoms with van der Waals surface area (Å²) in [6.07, 6.45) is -12.9. The summed E-state index contributed by atoms with van der Waals surface area (Å²) in [5, 5.41) is 0. The Balaban J connectivity index is 7.26. The molecule has 0 aliphatic rings. The predicted octanol–water partition coefficient (Wildman–Crippen LogP) is 9.73. The van der Waals surface area contributed by atoms with Crippen LogP contribution in [0.2, 0.25) is 0 Å². The highest BCUT2D eigenvalue weighted by Crippen LogP contribution is 2.67. The van der Waals surface area contributed by atoms with Crippen molar-refractivity contribution < 1.29 is 110 Å². The van der Waals surface area contributed by atoms with Gasteiger partial charge in [-0.3, -0.25) is 0 Å². The summed E-state index contributed by atoms with van der Waals surface area (Å²) in [5.41, 5.74) is 0. The largest absolute Gasteiger partial charge is 0.460 e. The lowest BCUT2D eigenvalue weighted by atomic mass is 9.84. The number of unbranched alkanes of at least 4 members (excludes halogenated alkanes) is 1. The standard InChI is InChI=1S/C16H9F25/c1-2-3-4-5(17,18)6(19,20)7(21,22)8(23,24)9(25,26)10(27,28)11(29,30)12(31,32)13(33,34)14(35,36)15(37,38)16(39,40)41/h2-4H2,1H3. The molecule has 25 heteroatoms. The van der Waals surface area contributed by atoms with Gasteiger partial charge in [0.15, 0.2) is 0 Å². The van der Waals surface area contributed by atoms with Crippen LogP contribution in [-0.2, 0) is 0 Å². The molecule has 0 heterocycles. The zero-order valence-corrected chi connectivity index (χ0v) is 18.6. The van der Waals surface area contributed by atoms with Gasteiger partial charge in [-0.05, 0) is 6.42 Å². The van der Waals surface area contributed by atoms with Crippen molar-refractivity contribution in [3.63, 3.8) is 0 Å². The van der Waals surface area contributed by atoms with E-state index < -0.39 is 90.6 Å². The van der Waals surface area contributed by atoms with E-state index in [1.165, 1.54) is 0 Å². The summed E-state index contributed by atoms with van der Waals surface area (Å²) in [5.74, 6) is -97.5. The van der Waals surface area contributed by atoms with Crippen LogP contribution in [0.25, 0.3) is 0 Å². The highest BCUT2D eigenvalue weighted by atomic mass is 19.4. The first-order chi connectivity index (χ1) is 17.3. The zero-order valence-electron chi connectivity index (χ0n) is 18.6. The van der Waals surface area contributed by atoms with Crippen molar-refractivity contribution in [3.8, 4) is 0 Å². The molecule has 0 radical (unpaired) electrons. The van der Waals surface area contributed by atoms with Crippen LogP contribution in [0.15, 0.2) is 0 Å². The summed E-state index contributed by atoms with van der Waals surface area (Å²) in [7, 11) is 0. The quantitative estimate of drug-likeness (QED) is 0.171. The van der Waals surface area contributed by atoms with Crippen LogP contribution in [0.3, 0.4) is 0 Å². The lowest BCUT2D eigenvalue weighted by molar-refractivity contribution is -0.482.